The number of hydrogen-bond acceptors (Lipinski definition) is 10. The fourth-order valence-electron chi connectivity index (χ4n) is 1.93. The van der Waals surface area contributed by atoms with Crippen molar-refractivity contribution >= 4 is 17.9 Å². The Balaban J connectivity index is 0. The Kier molecular flexibility index (Phi) is 15.0. The van der Waals surface area contributed by atoms with Gasteiger partial charge in [-0.3, -0.25) is 14.7 Å². The summed E-state index contributed by atoms with van der Waals surface area (Å²) in [5.74, 6) is -2.62. The van der Waals surface area contributed by atoms with Gasteiger partial charge in [-0.15, -0.1) is 0 Å². The lowest BCUT2D eigenvalue weighted by atomic mass is 9.86. The second kappa shape index (κ2) is 14.9. The minimum absolute atomic E-state index is 0.0940. The molecule has 0 rings (SSSR count). The van der Waals surface area contributed by atoms with E-state index in [0.717, 1.165) is 31.8 Å². The molecule has 0 aromatic rings. The highest BCUT2D eigenvalue weighted by atomic mass is 17.5. The molecule has 0 aliphatic carbocycles. The molecule has 10 nitrogen and oxygen atoms in total. The SMILES string of the molecule is CC(C)(C)/C(=C/C(=O)OO)C(=O)OO.CCCCC(CC)C(=O)OOOC(C)(C)C. The monoisotopic (exact) mass is 436 g/mol. The molecule has 0 aromatic carbocycles. The normalized spacial score (nSPS) is 12.9. The first-order valence-electron chi connectivity index (χ1n) is 9.72. The van der Waals surface area contributed by atoms with Crippen molar-refractivity contribution in [3.05, 3.63) is 11.6 Å². The molecule has 0 saturated carbocycles. The number of rotatable bonds is 9. The summed E-state index contributed by atoms with van der Waals surface area (Å²) in [6.07, 6.45) is 4.44. The van der Waals surface area contributed by atoms with Crippen LogP contribution in [0.15, 0.2) is 11.6 Å². The molecule has 0 fully saturated rings. The van der Waals surface area contributed by atoms with Crippen LogP contribution < -0.4 is 0 Å². The fraction of sp³-hybridized carbons (Fsp3) is 0.750. The maximum atomic E-state index is 11.5. The van der Waals surface area contributed by atoms with Gasteiger partial charge in [-0.05, 0) is 44.1 Å². The zero-order valence-corrected chi connectivity index (χ0v) is 19.1. The van der Waals surface area contributed by atoms with Crippen molar-refractivity contribution < 1.29 is 49.5 Å². The van der Waals surface area contributed by atoms with Gasteiger partial charge < -0.3 is 0 Å². The zero-order valence-electron chi connectivity index (χ0n) is 19.1. The summed E-state index contributed by atoms with van der Waals surface area (Å²) in [7, 11) is 0. The minimum atomic E-state index is -1.11. The highest BCUT2D eigenvalue weighted by Gasteiger charge is 2.27. The summed E-state index contributed by atoms with van der Waals surface area (Å²) in [5.41, 5.74) is -1.31. The van der Waals surface area contributed by atoms with E-state index in [4.69, 9.17) is 15.4 Å². The summed E-state index contributed by atoms with van der Waals surface area (Å²) in [6, 6.07) is 0. The molecule has 30 heavy (non-hydrogen) atoms. The van der Waals surface area contributed by atoms with Crippen molar-refractivity contribution in [2.24, 2.45) is 11.3 Å². The van der Waals surface area contributed by atoms with E-state index < -0.39 is 23.0 Å². The van der Waals surface area contributed by atoms with Gasteiger partial charge in [-0.2, -0.15) is 15.4 Å². The first-order chi connectivity index (χ1) is 13.7. The maximum absolute atomic E-state index is 11.5. The van der Waals surface area contributed by atoms with Gasteiger partial charge in [0.2, 0.25) is 0 Å². The van der Waals surface area contributed by atoms with Crippen molar-refractivity contribution in [2.45, 2.75) is 86.7 Å². The van der Waals surface area contributed by atoms with Crippen LogP contribution in [0, 0.1) is 11.3 Å². The van der Waals surface area contributed by atoms with E-state index in [1.54, 1.807) is 20.8 Å². The van der Waals surface area contributed by atoms with Crippen LogP contribution in [-0.2, 0) is 39.0 Å². The van der Waals surface area contributed by atoms with E-state index in [1.165, 1.54) is 0 Å². The molecule has 1 atom stereocenters. The van der Waals surface area contributed by atoms with E-state index in [2.05, 4.69) is 26.6 Å². The highest BCUT2D eigenvalue weighted by molar-refractivity contribution is 5.96. The third-order valence-electron chi connectivity index (χ3n) is 3.60. The third kappa shape index (κ3) is 14.9. The summed E-state index contributed by atoms with van der Waals surface area (Å²) in [6.45, 7) is 14.4. The molecule has 1 unspecified atom stereocenters. The van der Waals surface area contributed by atoms with Crippen LogP contribution in [-0.4, -0.2) is 34.0 Å². The number of unbranched alkanes of at least 4 members (excludes halogenated alkanes) is 1. The minimum Gasteiger partial charge on any atom is -0.296 e. The molecule has 0 heterocycles. The largest absolute Gasteiger partial charge is 0.369 e. The molecule has 176 valence electrons. The molecule has 0 aliphatic heterocycles. The third-order valence-corrected chi connectivity index (χ3v) is 3.60. The van der Waals surface area contributed by atoms with E-state index in [9.17, 15) is 14.4 Å². The van der Waals surface area contributed by atoms with Crippen molar-refractivity contribution in [1.82, 2.24) is 0 Å². The molecule has 0 radical (unpaired) electrons. The van der Waals surface area contributed by atoms with E-state index >= 15 is 0 Å². The second-order valence-corrected chi connectivity index (χ2v) is 8.51. The quantitative estimate of drug-likeness (QED) is 0.304. The summed E-state index contributed by atoms with van der Waals surface area (Å²) in [5, 5.41) is 20.6. The maximum Gasteiger partial charge on any atom is 0.369 e. The lowest BCUT2D eigenvalue weighted by Gasteiger charge is -2.19. The van der Waals surface area contributed by atoms with Gasteiger partial charge >= 0.3 is 17.9 Å². The van der Waals surface area contributed by atoms with Crippen molar-refractivity contribution in [2.75, 3.05) is 0 Å². The number of hydrogen-bond donors (Lipinski definition) is 2. The Hall–Kier alpha value is -2.01. The van der Waals surface area contributed by atoms with Gasteiger partial charge in [0.1, 0.15) is 0 Å². The van der Waals surface area contributed by atoms with Crippen molar-refractivity contribution in [1.29, 1.82) is 0 Å². The Morgan fingerprint density at radius 1 is 0.967 bits per heavy atom. The smallest absolute Gasteiger partial charge is 0.296 e. The van der Waals surface area contributed by atoms with Crippen molar-refractivity contribution in [3.63, 3.8) is 0 Å². The topological polar surface area (TPSA) is 138 Å². The number of carbonyl (C=O) groups excluding carboxylic acids is 3. The second-order valence-electron chi connectivity index (χ2n) is 8.51. The van der Waals surface area contributed by atoms with Crippen LogP contribution in [0.3, 0.4) is 0 Å². The van der Waals surface area contributed by atoms with Gasteiger partial charge in [-0.1, -0.05) is 47.5 Å². The molecule has 0 spiro atoms. The Labute approximate surface area is 177 Å². The van der Waals surface area contributed by atoms with E-state index in [0.29, 0.717) is 0 Å². The predicted octanol–water partition coefficient (Wildman–Crippen LogP) is 4.40. The van der Waals surface area contributed by atoms with Crippen LogP contribution in [0.1, 0.15) is 81.1 Å². The standard InChI is InChI=1S/C12H24O4.C8H12O6/c1-6-8-9-10(7-2)11(13)14-16-15-12(3,4)5;1-8(2,3)5(7(10)14-12)4-6(9)13-11/h10H,6-9H2,1-5H3;4,11-12H,1-3H3/b;5-4+. The molecule has 0 amide bonds. The number of carbonyl (C=O) groups is 3. The van der Waals surface area contributed by atoms with Crippen molar-refractivity contribution in [3.8, 4) is 0 Å². The van der Waals surface area contributed by atoms with E-state index in [-0.39, 0.29) is 17.5 Å². The summed E-state index contributed by atoms with van der Waals surface area (Å²) < 4.78 is 0. The highest BCUT2D eigenvalue weighted by Crippen LogP contribution is 2.26. The van der Waals surface area contributed by atoms with Gasteiger partial charge in [-0.25, -0.2) is 14.4 Å². The molecule has 2 N–H and O–H groups in total. The lowest BCUT2D eigenvalue weighted by Crippen LogP contribution is -2.23. The van der Waals surface area contributed by atoms with Crippen LogP contribution >= 0.6 is 0 Å². The molecular formula is C20H36O10. The zero-order chi connectivity index (χ0) is 24.0. The molecule has 0 bridgehead atoms. The first-order valence-corrected chi connectivity index (χ1v) is 9.72. The average molecular weight is 436 g/mol. The van der Waals surface area contributed by atoms with Crippen LogP contribution in [0.2, 0.25) is 0 Å². The van der Waals surface area contributed by atoms with Crippen LogP contribution in [0.25, 0.3) is 0 Å². The molecule has 10 heteroatoms. The van der Waals surface area contributed by atoms with Gasteiger partial charge in [0.25, 0.3) is 0 Å². The molecule has 0 aromatic heterocycles. The van der Waals surface area contributed by atoms with E-state index in [1.807, 2.05) is 27.7 Å². The first kappa shape index (κ1) is 30.2. The van der Waals surface area contributed by atoms with Gasteiger partial charge in [0.15, 0.2) is 0 Å². The Morgan fingerprint density at radius 3 is 1.90 bits per heavy atom. The Bertz CT molecular complexity index is 555. The Morgan fingerprint density at radius 2 is 1.53 bits per heavy atom. The summed E-state index contributed by atoms with van der Waals surface area (Å²) >= 11 is 0. The van der Waals surface area contributed by atoms with Gasteiger partial charge in [0.05, 0.1) is 17.1 Å². The lowest BCUT2D eigenvalue weighted by molar-refractivity contribution is -0.515. The fourth-order valence-corrected chi connectivity index (χ4v) is 1.93. The predicted molar refractivity (Wildman–Crippen MR) is 106 cm³/mol. The van der Waals surface area contributed by atoms with Gasteiger partial charge in [0, 0.05) is 6.08 Å². The molecule has 0 saturated heterocycles. The van der Waals surface area contributed by atoms with Crippen LogP contribution in [0.5, 0.6) is 0 Å². The average Bonchev–Trinajstić information content (AvgIpc) is 2.64. The molecular weight excluding hydrogens is 400 g/mol. The van der Waals surface area contributed by atoms with Crippen LogP contribution in [0.4, 0.5) is 0 Å². The molecule has 0 aliphatic rings. The summed E-state index contributed by atoms with van der Waals surface area (Å²) in [4.78, 5) is 49.5.